The van der Waals surface area contributed by atoms with Gasteiger partial charge in [0.1, 0.15) is 5.82 Å². The molecule has 1 aliphatic heterocycles. The Morgan fingerprint density at radius 1 is 1.17 bits per heavy atom. The molecule has 0 radical (unpaired) electrons. The Morgan fingerprint density at radius 3 is 2.57 bits per heavy atom. The van der Waals surface area contributed by atoms with Gasteiger partial charge in [0.05, 0.1) is 44.0 Å². The van der Waals surface area contributed by atoms with E-state index in [-0.39, 0.29) is 5.91 Å². The third kappa shape index (κ3) is 4.06. The summed E-state index contributed by atoms with van der Waals surface area (Å²) < 4.78 is 17.0. The minimum atomic E-state index is -0.0981. The summed E-state index contributed by atoms with van der Waals surface area (Å²) >= 11 is 3.58. The maximum atomic E-state index is 13.4. The van der Waals surface area contributed by atoms with Gasteiger partial charge in [-0.15, -0.1) is 0 Å². The monoisotopic (exact) mass is 471 g/mol. The Morgan fingerprint density at radius 2 is 1.87 bits per heavy atom. The predicted molar refractivity (Wildman–Crippen MR) is 119 cm³/mol. The summed E-state index contributed by atoms with van der Waals surface area (Å²) in [6, 6.07) is 11.4. The molecule has 1 fully saturated rings. The summed E-state index contributed by atoms with van der Waals surface area (Å²) in [6.45, 7) is 2.14. The fourth-order valence-electron chi connectivity index (χ4n) is 3.38. The average molecular weight is 472 g/mol. The van der Waals surface area contributed by atoms with Crippen molar-refractivity contribution < 1.29 is 19.0 Å². The minimum Gasteiger partial charge on any atom is -0.493 e. The molecule has 0 aliphatic carbocycles. The van der Waals surface area contributed by atoms with Crippen molar-refractivity contribution in [1.29, 1.82) is 0 Å². The largest absolute Gasteiger partial charge is 0.493 e. The molecular weight excluding hydrogens is 450 g/mol. The SMILES string of the molecule is COc1cc(Br)c(/C=C(/C(=O)N2CCOCC2)c2nc3ccccc3[nH]2)cc1OC. The van der Waals surface area contributed by atoms with Crippen LogP contribution < -0.4 is 9.47 Å². The molecule has 0 spiro atoms. The topological polar surface area (TPSA) is 76.7 Å². The van der Waals surface area contributed by atoms with Crippen LogP contribution in [0.2, 0.25) is 0 Å². The van der Waals surface area contributed by atoms with Crippen LogP contribution in [0.5, 0.6) is 11.5 Å². The quantitative estimate of drug-likeness (QED) is 0.573. The lowest BCUT2D eigenvalue weighted by molar-refractivity contribution is -0.128. The number of methoxy groups -OCH3 is 2. The molecule has 1 amide bonds. The molecule has 0 saturated carbocycles. The second kappa shape index (κ2) is 8.89. The van der Waals surface area contributed by atoms with Crippen LogP contribution in [0.4, 0.5) is 0 Å². The van der Waals surface area contributed by atoms with Crippen molar-refractivity contribution >= 4 is 44.5 Å². The third-order valence-corrected chi connectivity index (χ3v) is 5.66. The number of carbonyl (C=O) groups excluding carboxylic acids is 1. The zero-order valence-corrected chi connectivity index (χ0v) is 18.4. The highest BCUT2D eigenvalue weighted by molar-refractivity contribution is 9.10. The number of para-hydroxylation sites is 2. The zero-order valence-electron chi connectivity index (χ0n) is 16.8. The van der Waals surface area contributed by atoms with Crippen LogP contribution >= 0.6 is 15.9 Å². The number of benzene rings is 2. The summed E-state index contributed by atoms with van der Waals surface area (Å²) in [6.07, 6.45) is 1.82. The first-order chi connectivity index (χ1) is 14.6. The van der Waals surface area contributed by atoms with Gasteiger partial charge in [0.15, 0.2) is 11.5 Å². The number of hydrogen-bond donors (Lipinski definition) is 1. The Labute approximate surface area is 182 Å². The highest BCUT2D eigenvalue weighted by Gasteiger charge is 2.24. The van der Waals surface area contributed by atoms with Crippen molar-refractivity contribution in [2.24, 2.45) is 0 Å². The molecule has 0 bridgehead atoms. The molecule has 2 heterocycles. The number of morpholine rings is 1. The fourth-order valence-corrected chi connectivity index (χ4v) is 3.82. The second-order valence-corrected chi connectivity index (χ2v) is 7.65. The van der Waals surface area contributed by atoms with Gasteiger partial charge in [-0.2, -0.15) is 0 Å². The Balaban J connectivity index is 1.83. The van der Waals surface area contributed by atoms with Crippen molar-refractivity contribution in [1.82, 2.24) is 14.9 Å². The molecule has 1 aliphatic rings. The lowest BCUT2D eigenvalue weighted by Crippen LogP contribution is -2.41. The number of aromatic amines is 1. The van der Waals surface area contributed by atoms with Gasteiger partial charge in [-0.05, 0) is 35.9 Å². The highest BCUT2D eigenvalue weighted by atomic mass is 79.9. The van der Waals surface area contributed by atoms with Crippen molar-refractivity contribution in [3.63, 3.8) is 0 Å². The number of aromatic nitrogens is 2. The van der Waals surface area contributed by atoms with E-state index >= 15 is 0 Å². The van der Waals surface area contributed by atoms with Gasteiger partial charge in [0.25, 0.3) is 5.91 Å². The number of rotatable bonds is 5. The predicted octanol–water partition coefficient (Wildman–Crippen LogP) is 3.74. The number of carbonyl (C=O) groups is 1. The molecule has 30 heavy (non-hydrogen) atoms. The highest BCUT2D eigenvalue weighted by Crippen LogP contribution is 2.35. The van der Waals surface area contributed by atoms with Gasteiger partial charge in [-0.25, -0.2) is 4.98 Å². The number of nitrogens with one attached hydrogen (secondary N) is 1. The summed E-state index contributed by atoms with van der Waals surface area (Å²) in [5, 5.41) is 0. The molecular formula is C22H22BrN3O4. The standard InChI is InChI=1S/C22H22BrN3O4/c1-28-19-12-14(16(23)13-20(19)29-2)11-15(22(27)26-7-9-30-10-8-26)21-24-17-5-3-4-6-18(17)25-21/h3-6,11-13H,7-10H2,1-2H3,(H,24,25)/b15-11+. The average Bonchev–Trinajstić information content (AvgIpc) is 3.22. The molecule has 3 aromatic rings. The first kappa shape index (κ1) is 20.4. The van der Waals surface area contributed by atoms with E-state index in [1.807, 2.05) is 42.5 Å². The summed E-state index contributed by atoms with van der Waals surface area (Å²) in [4.78, 5) is 23.2. The third-order valence-electron chi connectivity index (χ3n) is 4.98. The number of imidazole rings is 1. The number of fused-ring (bicyclic) bond motifs is 1. The van der Waals surface area contributed by atoms with Gasteiger partial charge >= 0.3 is 0 Å². The van der Waals surface area contributed by atoms with Gasteiger partial charge in [0, 0.05) is 17.6 Å². The Bertz CT molecular complexity index is 1070. The van der Waals surface area contributed by atoms with E-state index in [4.69, 9.17) is 14.2 Å². The van der Waals surface area contributed by atoms with Crippen LogP contribution in [0, 0.1) is 0 Å². The van der Waals surface area contributed by atoms with Gasteiger partial charge in [0.2, 0.25) is 0 Å². The maximum Gasteiger partial charge on any atom is 0.257 e. The molecule has 7 nitrogen and oxygen atoms in total. The molecule has 1 aromatic heterocycles. The van der Waals surface area contributed by atoms with E-state index in [2.05, 4.69) is 25.9 Å². The van der Waals surface area contributed by atoms with Gasteiger partial charge in [-0.3, -0.25) is 4.79 Å². The Kier molecular flexibility index (Phi) is 6.06. The van der Waals surface area contributed by atoms with E-state index in [1.54, 1.807) is 19.1 Å². The number of nitrogens with zero attached hydrogens (tertiary/aromatic N) is 2. The molecule has 0 unspecified atom stereocenters. The smallest absolute Gasteiger partial charge is 0.257 e. The van der Waals surface area contributed by atoms with Gasteiger partial charge < -0.3 is 24.1 Å². The summed E-state index contributed by atoms with van der Waals surface area (Å²) in [5.41, 5.74) is 2.94. The number of halogens is 1. The number of ether oxygens (including phenoxy) is 3. The van der Waals surface area contributed by atoms with Gasteiger partial charge in [-0.1, -0.05) is 28.1 Å². The normalized spacial score (nSPS) is 14.8. The van der Waals surface area contributed by atoms with E-state index in [0.29, 0.717) is 49.2 Å². The molecule has 0 atom stereocenters. The van der Waals surface area contributed by atoms with Crippen molar-refractivity contribution in [2.45, 2.75) is 0 Å². The molecule has 1 saturated heterocycles. The minimum absolute atomic E-state index is 0.0981. The number of H-pyrrole nitrogens is 1. The van der Waals surface area contributed by atoms with Crippen LogP contribution in [0.1, 0.15) is 11.4 Å². The van der Waals surface area contributed by atoms with E-state index in [9.17, 15) is 4.79 Å². The van der Waals surface area contributed by atoms with E-state index < -0.39 is 0 Å². The zero-order chi connectivity index (χ0) is 21.1. The Hall–Kier alpha value is -2.84. The van der Waals surface area contributed by atoms with E-state index in [0.717, 1.165) is 21.1 Å². The first-order valence-corrected chi connectivity index (χ1v) is 10.4. The van der Waals surface area contributed by atoms with Crippen LogP contribution in [-0.2, 0) is 9.53 Å². The van der Waals surface area contributed by atoms with Crippen LogP contribution in [0.15, 0.2) is 40.9 Å². The molecule has 8 heteroatoms. The molecule has 2 aromatic carbocycles. The number of hydrogen-bond acceptors (Lipinski definition) is 5. The first-order valence-electron chi connectivity index (χ1n) is 9.56. The maximum absolute atomic E-state index is 13.4. The summed E-state index contributed by atoms with van der Waals surface area (Å²) in [5.74, 6) is 1.61. The van der Waals surface area contributed by atoms with Crippen molar-refractivity contribution in [2.75, 3.05) is 40.5 Å². The van der Waals surface area contributed by atoms with Crippen molar-refractivity contribution in [3.05, 3.63) is 52.3 Å². The summed E-state index contributed by atoms with van der Waals surface area (Å²) in [7, 11) is 3.17. The number of amides is 1. The molecule has 4 rings (SSSR count). The van der Waals surface area contributed by atoms with Crippen LogP contribution in [-0.4, -0.2) is 61.3 Å². The van der Waals surface area contributed by atoms with Crippen molar-refractivity contribution in [3.8, 4) is 11.5 Å². The fraction of sp³-hybridized carbons (Fsp3) is 0.273. The lowest BCUT2D eigenvalue weighted by Gasteiger charge is -2.27. The molecule has 1 N–H and O–H groups in total. The second-order valence-electron chi connectivity index (χ2n) is 6.79. The van der Waals surface area contributed by atoms with E-state index in [1.165, 1.54) is 0 Å². The molecule has 156 valence electrons. The van der Waals surface area contributed by atoms with Crippen LogP contribution in [0.25, 0.3) is 22.7 Å². The van der Waals surface area contributed by atoms with Crippen LogP contribution in [0.3, 0.4) is 0 Å². The lowest BCUT2D eigenvalue weighted by atomic mass is 10.1.